The Bertz CT molecular complexity index is 1320. The van der Waals surface area contributed by atoms with E-state index >= 15 is 0 Å². The molecular weight excluding hydrogens is 455 g/mol. The minimum Gasteiger partial charge on any atom is -0.366 e. The summed E-state index contributed by atoms with van der Waals surface area (Å²) in [4.78, 5) is 14.2. The van der Waals surface area contributed by atoms with E-state index in [2.05, 4.69) is 4.84 Å². The number of nitrogens with zero attached hydrogens (tertiary/aromatic N) is 2. The van der Waals surface area contributed by atoms with Crippen LogP contribution < -0.4 is 10.6 Å². The molecule has 2 aromatic carbocycles. The number of hydrogen-bond acceptors (Lipinski definition) is 4. The number of hydrogen-bond donors (Lipinski definition) is 2. The van der Waals surface area contributed by atoms with Crippen molar-refractivity contribution >= 4 is 38.6 Å². The van der Waals surface area contributed by atoms with Crippen LogP contribution in [0, 0.1) is 6.92 Å². The van der Waals surface area contributed by atoms with Gasteiger partial charge in [-0.1, -0.05) is 18.2 Å². The molecule has 3 aromatic rings. The first-order valence-corrected chi connectivity index (χ1v) is 11.5. The lowest BCUT2D eigenvalue weighted by molar-refractivity contribution is 0.100. The molecule has 0 bridgehead atoms. The van der Waals surface area contributed by atoms with E-state index in [9.17, 15) is 17.6 Å². The Morgan fingerprint density at radius 2 is 1.97 bits per heavy atom. The maximum absolute atomic E-state index is 14.5. The van der Waals surface area contributed by atoms with Crippen molar-refractivity contribution in [3.05, 3.63) is 65.6 Å². The van der Waals surface area contributed by atoms with Crippen molar-refractivity contribution in [2.75, 3.05) is 20.6 Å². The molecule has 0 atom stereocenters. The van der Waals surface area contributed by atoms with Gasteiger partial charge in [0, 0.05) is 42.8 Å². The number of nitrogens with one attached hydrogen (secondary N) is 1. The zero-order chi connectivity index (χ0) is 23.6. The zero-order valence-corrected chi connectivity index (χ0v) is 19.5. The number of benzene rings is 2. The minimum atomic E-state index is -3.64. The van der Waals surface area contributed by atoms with Gasteiger partial charge < -0.3 is 10.3 Å². The lowest BCUT2D eigenvalue weighted by Crippen LogP contribution is -2.22. The van der Waals surface area contributed by atoms with Crippen molar-refractivity contribution in [3.8, 4) is 11.1 Å². The summed E-state index contributed by atoms with van der Waals surface area (Å²) in [5.74, 6) is -1.02. The third kappa shape index (κ3) is 4.56. The molecule has 170 valence electrons. The van der Waals surface area contributed by atoms with E-state index in [1.165, 1.54) is 26.2 Å². The van der Waals surface area contributed by atoms with Crippen molar-refractivity contribution in [3.63, 3.8) is 0 Å². The molecular formula is C22H24ClFN4O3S. The highest BCUT2D eigenvalue weighted by atomic mass is 35.5. The van der Waals surface area contributed by atoms with Gasteiger partial charge in [0.25, 0.3) is 0 Å². The number of fused-ring (bicyclic) bond motifs is 1. The van der Waals surface area contributed by atoms with Crippen molar-refractivity contribution in [2.45, 2.75) is 18.4 Å². The van der Waals surface area contributed by atoms with Gasteiger partial charge in [-0.25, -0.2) is 21.9 Å². The fraction of sp³-hybridized carbons (Fsp3) is 0.227. The number of rotatable bonds is 8. The molecule has 1 heterocycles. The molecule has 7 nitrogen and oxygen atoms in total. The number of primary amides is 1. The molecule has 0 aliphatic heterocycles. The number of amides is 1. The third-order valence-electron chi connectivity index (χ3n) is 5.22. The first kappa shape index (κ1) is 23.9. The predicted molar refractivity (Wildman–Crippen MR) is 125 cm³/mol. The smallest absolute Gasteiger partial charge is 0.248 e. The second-order valence-electron chi connectivity index (χ2n) is 7.45. The summed E-state index contributed by atoms with van der Waals surface area (Å²) in [5, 5.41) is 0.746. The average molecular weight is 479 g/mol. The third-order valence-corrected chi connectivity index (χ3v) is 7.19. The number of carbonyl (C=O) groups is 1. The highest BCUT2D eigenvalue weighted by Crippen LogP contribution is 2.36. The Labute approximate surface area is 191 Å². The highest BCUT2D eigenvalue weighted by molar-refractivity contribution is 7.89. The summed E-state index contributed by atoms with van der Waals surface area (Å²) < 4.78 is 42.7. The summed E-state index contributed by atoms with van der Waals surface area (Å²) in [6.45, 7) is 1.88. The van der Waals surface area contributed by atoms with Gasteiger partial charge in [-0.3, -0.25) is 4.79 Å². The Morgan fingerprint density at radius 1 is 1.25 bits per heavy atom. The summed E-state index contributed by atoms with van der Waals surface area (Å²) in [6, 6.07) is 11.5. The molecule has 1 aromatic heterocycles. The Morgan fingerprint density at radius 3 is 2.59 bits per heavy atom. The van der Waals surface area contributed by atoms with E-state index in [-0.39, 0.29) is 18.0 Å². The lowest BCUT2D eigenvalue weighted by atomic mass is 10.0. The number of halogens is 2. The maximum atomic E-state index is 14.5. The number of allylic oxidation sites excluding steroid dienone is 1. The molecule has 0 aliphatic rings. The zero-order valence-electron chi connectivity index (χ0n) is 17.9. The summed E-state index contributed by atoms with van der Waals surface area (Å²) >= 11 is 5.42. The normalized spacial score (nSPS) is 12.6. The van der Waals surface area contributed by atoms with Crippen LogP contribution in [0.15, 0.2) is 59.3 Å². The fourth-order valence-electron chi connectivity index (χ4n) is 3.59. The molecule has 3 rings (SSSR count). The Balaban J connectivity index is 2.27. The molecule has 0 aliphatic carbocycles. The molecule has 3 N–H and O–H groups in total. The average Bonchev–Trinajstić information content (AvgIpc) is 3.02. The Hall–Kier alpha value is -2.72. The van der Waals surface area contributed by atoms with E-state index < -0.39 is 21.8 Å². The Kier molecular flexibility index (Phi) is 7.04. The highest BCUT2D eigenvalue weighted by Gasteiger charge is 2.21. The van der Waals surface area contributed by atoms with Gasteiger partial charge in [0.1, 0.15) is 5.83 Å². The first-order valence-electron chi connectivity index (χ1n) is 9.71. The number of aromatic nitrogens is 1. The standard InChI is InChI=1S/C22H24ClFN4O3S/c1-14-21(15-5-4-6-18(11-15)32(30,31)27(2)3)19-8-7-16(22(25)29)12-20(19)28(14)13-17(24)9-10-26-23/h4-9,11-12,26H,10,13H2,1-3H3,(H2,25,29)/b17-9-. The van der Waals surface area contributed by atoms with E-state index in [0.29, 0.717) is 22.3 Å². The van der Waals surface area contributed by atoms with Crippen LogP contribution in [0.3, 0.4) is 0 Å². The van der Waals surface area contributed by atoms with Crippen LogP contribution in [0.2, 0.25) is 0 Å². The van der Waals surface area contributed by atoms with Crippen LogP contribution in [0.4, 0.5) is 4.39 Å². The first-order chi connectivity index (χ1) is 15.1. The van der Waals surface area contributed by atoms with Gasteiger partial charge >= 0.3 is 0 Å². The number of sulfonamides is 1. The molecule has 0 spiro atoms. The molecule has 0 unspecified atom stereocenters. The summed E-state index contributed by atoms with van der Waals surface area (Å²) in [7, 11) is -0.702. The van der Waals surface area contributed by atoms with Crippen LogP contribution in [-0.4, -0.2) is 43.8 Å². The van der Waals surface area contributed by atoms with E-state index in [4.69, 9.17) is 17.5 Å². The quantitative estimate of drug-likeness (QED) is 0.484. The van der Waals surface area contributed by atoms with Crippen LogP contribution in [0.1, 0.15) is 16.1 Å². The number of nitrogens with two attached hydrogens (primary N) is 1. The van der Waals surface area contributed by atoms with Gasteiger partial charge in [-0.15, -0.1) is 0 Å². The van der Waals surface area contributed by atoms with Crippen LogP contribution in [0.5, 0.6) is 0 Å². The van der Waals surface area contributed by atoms with Crippen molar-refractivity contribution in [1.29, 1.82) is 0 Å². The second kappa shape index (κ2) is 9.41. The van der Waals surface area contributed by atoms with Crippen LogP contribution in [-0.2, 0) is 16.6 Å². The topological polar surface area (TPSA) is 97.4 Å². The monoisotopic (exact) mass is 478 g/mol. The minimum absolute atomic E-state index is 0.0845. The molecule has 0 fully saturated rings. The maximum Gasteiger partial charge on any atom is 0.248 e. The predicted octanol–water partition coefficient (Wildman–Crippen LogP) is 3.56. The van der Waals surface area contributed by atoms with Gasteiger partial charge in [0.2, 0.25) is 15.9 Å². The fourth-order valence-corrected chi connectivity index (χ4v) is 4.61. The lowest BCUT2D eigenvalue weighted by Gasteiger charge is -2.13. The van der Waals surface area contributed by atoms with Crippen molar-refractivity contribution < 1.29 is 17.6 Å². The largest absolute Gasteiger partial charge is 0.366 e. The molecule has 10 heteroatoms. The van der Waals surface area contributed by atoms with Crippen LogP contribution in [0.25, 0.3) is 22.0 Å². The van der Waals surface area contributed by atoms with Crippen molar-refractivity contribution in [2.24, 2.45) is 5.73 Å². The second-order valence-corrected chi connectivity index (χ2v) is 9.87. The molecule has 0 saturated heterocycles. The van der Waals surface area contributed by atoms with Gasteiger partial charge in [-0.2, -0.15) is 0 Å². The molecule has 0 radical (unpaired) electrons. The SMILES string of the molecule is Cc1c(-c2cccc(S(=O)(=O)N(C)C)c2)c2ccc(C(N)=O)cc2n1C/C(F)=C/CNCl. The molecule has 1 amide bonds. The molecule has 32 heavy (non-hydrogen) atoms. The van der Waals surface area contributed by atoms with Gasteiger partial charge in [0.05, 0.1) is 17.0 Å². The summed E-state index contributed by atoms with van der Waals surface area (Å²) in [6.07, 6.45) is 1.32. The van der Waals surface area contributed by atoms with E-state index in [1.54, 1.807) is 41.0 Å². The summed E-state index contributed by atoms with van der Waals surface area (Å²) in [5.41, 5.74) is 8.46. The van der Waals surface area contributed by atoms with Gasteiger partial charge in [-0.05, 0) is 54.6 Å². The van der Waals surface area contributed by atoms with E-state index in [0.717, 1.165) is 15.3 Å². The van der Waals surface area contributed by atoms with Crippen LogP contribution >= 0.6 is 11.8 Å². The van der Waals surface area contributed by atoms with Gasteiger partial charge in [0.15, 0.2) is 0 Å². The molecule has 0 saturated carbocycles. The number of carbonyl (C=O) groups excluding carboxylic acids is 1. The van der Waals surface area contributed by atoms with E-state index in [1.807, 2.05) is 6.92 Å². The van der Waals surface area contributed by atoms with Crippen molar-refractivity contribution in [1.82, 2.24) is 13.7 Å².